The van der Waals surface area contributed by atoms with E-state index in [1.165, 1.54) is 50.7 Å². The van der Waals surface area contributed by atoms with Crippen LogP contribution in [0.2, 0.25) is 5.02 Å². The van der Waals surface area contributed by atoms with Crippen LogP contribution in [0.1, 0.15) is 77.0 Å². The van der Waals surface area contributed by atoms with Crippen LogP contribution in [0, 0.1) is 40.3 Å². The van der Waals surface area contributed by atoms with E-state index in [0.717, 1.165) is 12.5 Å². The fourth-order valence-electron chi connectivity index (χ4n) is 7.85. The Balaban J connectivity index is 1.12. The van der Waals surface area contributed by atoms with Crippen LogP contribution in [-0.2, 0) is 9.59 Å². The Hall–Kier alpha value is -2.41. The maximum Gasteiger partial charge on any atom is 0.258 e. The van der Waals surface area contributed by atoms with E-state index in [-0.39, 0.29) is 41.2 Å². The zero-order valence-corrected chi connectivity index (χ0v) is 24.4. The number of aliphatic hydroxyl groups excluding tert-OH is 1. The molecule has 4 atom stereocenters. The van der Waals surface area contributed by atoms with E-state index in [0.29, 0.717) is 57.0 Å². The minimum Gasteiger partial charge on any atom is -0.484 e. The Morgan fingerprint density at radius 2 is 1.90 bits per heavy atom. The molecular formula is C31H42ClFN4O4. The lowest BCUT2D eigenvalue weighted by Crippen LogP contribution is -2.66. The van der Waals surface area contributed by atoms with Crippen LogP contribution in [0.3, 0.4) is 0 Å². The summed E-state index contributed by atoms with van der Waals surface area (Å²) in [6, 6.07) is 6.65. The second kappa shape index (κ2) is 12.8. The van der Waals surface area contributed by atoms with Crippen molar-refractivity contribution in [2.45, 2.75) is 94.7 Å². The Kier molecular flexibility index (Phi) is 9.42. The lowest BCUT2D eigenvalue weighted by atomic mass is 9.55. The number of nitrogens with one attached hydrogen (secondary N) is 3. The third kappa shape index (κ3) is 6.65. The van der Waals surface area contributed by atoms with E-state index in [1.807, 2.05) is 0 Å². The van der Waals surface area contributed by atoms with Crippen molar-refractivity contribution in [1.82, 2.24) is 16.0 Å². The van der Waals surface area contributed by atoms with Gasteiger partial charge in [0.25, 0.3) is 5.91 Å². The molecule has 2 bridgehead atoms. The number of halogens is 2. The van der Waals surface area contributed by atoms with E-state index >= 15 is 0 Å². The Morgan fingerprint density at radius 3 is 2.56 bits per heavy atom. The van der Waals surface area contributed by atoms with Crippen LogP contribution in [0.4, 0.5) is 4.39 Å². The molecule has 4 aliphatic carbocycles. The minimum absolute atomic E-state index is 0.0169. The first-order valence-corrected chi connectivity index (χ1v) is 15.6. The topological polar surface area (TPSA) is 123 Å². The zero-order chi connectivity index (χ0) is 29.0. The van der Waals surface area contributed by atoms with Gasteiger partial charge in [0.2, 0.25) is 5.91 Å². The number of aliphatic hydroxyl groups is 1. The number of amides is 2. The molecule has 1 aromatic carbocycles. The molecule has 1 aromatic rings. The molecule has 4 unspecified atom stereocenters. The van der Waals surface area contributed by atoms with Crippen LogP contribution in [0.25, 0.3) is 0 Å². The molecule has 2 amide bonds. The van der Waals surface area contributed by atoms with Gasteiger partial charge >= 0.3 is 0 Å². The van der Waals surface area contributed by atoms with E-state index in [1.54, 1.807) is 0 Å². The fraction of sp³-hybridized carbons (Fsp3) is 0.710. The summed E-state index contributed by atoms with van der Waals surface area (Å²) in [7, 11) is 0. The highest BCUT2D eigenvalue weighted by Crippen LogP contribution is 2.52. The number of hydrogen-bond acceptors (Lipinski definition) is 6. The van der Waals surface area contributed by atoms with Crippen molar-refractivity contribution >= 4 is 23.4 Å². The van der Waals surface area contributed by atoms with E-state index in [9.17, 15) is 24.3 Å². The number of ether oxygens (including phenoxy) is 1. The summed E-state index contributed by atoms with van der Waals surface area (Å²) in [6.45, 7) is 0.859. The monoisotopic (exact) mass is 588 g/mol. The van der Waals surface area contributed by atoms with Gasteiger partial charge in [-0.15, -0.1) is 0 Å². The molecule has 1 saturated heterocycles. The summed E-state index contributed by atoms with van der Waals surface area (Å²) in [5.41, 5.74) is -1.44. The van der Waals surface area contributed by atoms with Crippen LogP contribution in [0.15, 0.2) is 18.2 Å². The summed E-state index contributed by atoms with van der Waals surface area (Å²) in [5, 5.41) is 30.6. The highest BCUT2D eigenvalue weighted by molar-refractivity contribution is 6.30. The average Bonchev–Trinajstić information content (AvgIpc) is 3.26. The van der Waals surface area contributed by atoms with Gasteiger partial charge in [0.05, 0.1) is 28.5 Å². The van der Waals surface area contributed by atoms with Crippen LogP contribution < -0.4 is 20.7 Å². The molecule has 5 fully saturated rings. The highest BCUT2D eigenvalue weighted by atomic mass is 35.5. The summed E-state index contributed by atoms with van der Waals surface area (Å²) in [5.74, 6) is 0.0797. The zero-order valence-electron chi connectivity index (χ0n) is 23.6. The van der Waals surface area contributed by atoms with Gasteiger partial charge in [-0.1, -0.05) is 50.1 Å². The smallest absolute Gasteiger partial charge is 0.258 e. The van der Waals surface area contributed by atoms with Gasteiger partial charge in [-0.25, -0.2) is 4.39 Å². The highest BCUT2D eigenvalue weighted by Gasteiger charge is 2.58. The van der Waals surface area contributed by atoms with Crippen molar-refractivity contribution in [1.29, 1.82) is 5.26 Å². The number of nitrogens with zero attached hydrogens (tertiary/aromatic N) is 1. The van der Waals surface area contributed by atoms with Crippen molar-refractivity contribution in [3.8, 4) is 11.8 Å². The lowest BCUT2D eigenvalue weighted by Gasteiger charge is -2.55. The number of hydrogen-bond donors (Lipinski definition) is 4. The standard InChI is InChI=1S/C31H42ClFN4O4/c32-25-8-7-23(14-26(25)33)41-19-28(39)37-30-9-11-31(12-10-30,27(38)15-30)29(40)36-18-22-13-24(21(16-34)17-35-22)20-5-3-1-2-4-6-20/h7-8,14,20-22,24,27,35,38H,1-6,9-13,15,17-19H2,(H,36,40)(H,37,39). The molecule has 1 aliphatic heterocycles. The van der Waals surface area contributed by atoms with Gasteiger partial charge < -0.3 is 25.8 Å². The quantitative estimate of drug-likeness (QED) is 0.337. The van der Waals surface area contributed by atoms with E-state index in [2.05, 4.69) is 22.0 Å². The number of carbonyl (C=O) groups excluding carboxylic acids is 2. The van der Waals surface area contributed by atoms with E-state index in [4.69, 9.17) is 16.3 Å². The summed E-state index contributed by atoms with van der Waals surface area (Å²) >= 11 is 5.70. The molecule has 0 aromatic heterocycles. The predicted molar refractivity (Wildman–Crippen MR) is 153 cm³/mol. The first-order valence-electron chi connectivity index (χ1n) is 15.2. The van der Waals surface area contributed by atoms with Gasteiger partial charge in [0, 0.05) is 30.7 Å². The van der Waals surface area contributed by atoms with Gasteiger partial charge in [-0.3, -0.25) is 9.59 Å². The Labute approximate surface area is 246 Å². The van der Waals surface area contributed by atoms with Gasteiger partial charge in [-0.2, -0.15) is 5.26 Å². The minimum atomic E-state index is -0.863. The number of fused-ring (bicyclic) bond motifs is 3. The van der Waals surface area contributed by atoms with Crippen molar-refractivity contribution in [2.24, 2.45) is 23.2 Å². The average molecular weight is 589 g/mol. The van der Waals surface area contributed by atoms with Crippen molar-refractivity contribution in [3.05, 3.63) is 29.0 Å². The number of benzene rings is 1. The summed E-state index contributed by atoms with van der Waals surface area (Å²) < 4.78 is 19.1. The molecular weight excluding hydrogens is 547 g/mol. The third-order valence-corrected chi connectivity index (χ3v) is 10.6. The largest absolute Gasteiger partial charge is 0.484 e. The van der Waals surface area contributed by atoms with Crippen molar-refractivity contribution in [2.75, 3.05) is 19.7 Å². The number of nitriles is 1. The van der Waals surface area contributed by atoms with E-state index < -0.39 is 22.9 Å². The first-order chi connectivity index (χ1) is 19.7. The molecule has 41 heavy (non-hydrogen) atoms. The Morgan fingerprint density at radius 1 is 1.17 bits per heavy atom. The maximum absolute atomic E-state index is 13.7. The fourth-order valence-corrected chi connectivity index (χ4v) is 7.97. The maximum atomic E-state index is 13.7. The third-order valence-electron chi connectivity index (χ3n) is 10.3. The predicted octanol–water partition coefficient (Wildman–Crippen LogP) is 4.24. The molecule has 224 valence electrons. The molecule has 4 N–H and O–H groups in total. The SMILES string of the molecule is N#CC1CNC(CNC(=O)C23CCC(NC(=O)COc4ccc(Cl)c(F)c4)(CC2)CC3O)CC1C1CCCCCC1. The number of carbonyl (C=O) groups is 2. The summed E-state index contributed by atoms with van der Waals surface area (Å²) in [4.78, 5) is 26.2. The molecule has 10 heteroatoms. The van der Waals surface area contributed by atoms with Crippen molar-refractivity contribution < 1.29 is 23.8 Å². The van der Waals surface area contributed by atoms with Gasteiger partial charge in [0.1, 0.15) is 11.6 Å². The van der Waals surface area contributed by atoms with Crippen LogP contribution >= 0.6 is 11.6 Å². The van der Waals surface area contributed by atoms with Crippen molar-refractivity contribution in [3.63, 3.8) is 0 Å². The molecule has 8 nitrogen and oxygen atoms in total. The van der Waals surface area contributed by atoms with Gasteiger partial charge in [0.15, 0.2) is 6.61 Å². The normalized spacial score (nSPS) is 33.8. The number of rotatable bonds is 8. The molecule has 0 radical (unpaired) electrons. The molecule has 0 spiro atoms. The second-order valence-corrected chi connectivity index (χ2v) is 13.2. The molecule has 6 rings (SSSR count). The van der Waals surface area contributed by atoms with Crippen LogP contribution in [0.5, 0.6) is 5.75 Å². The summed E-state index contributed by atoms with van der Waals surface area (Å²) in [6.07, 6.45) is 9.93. The molecule has 5 aliphatic rings. The second-order valence-electron chi connectivity index (χ2n) is 12.8. The Bertz CT molecular complexity index is 1140. The molecule has 1 heterocycles. The van der Waals surface area contributed by atoms with Crippen LogP contribution in [-0.4, -0.2) is 54.3 Å². The molecule has 4 saturated carbocycles. The lowest BCUT2D eigenvalue weighted by molar-refractivity contribution is -0.156. The first kappa shape index (κ1) is 30.1. The van der Waals surface area contributed by atoms with Gasteiger partial charge in [-0.05, 0) is 62.5 Å². The number of piperidine rings is 1.